The zero-order chi connectivity index (χ0) is 8.91. The third-order valence-electron chi connectivity index (χ3n) is 2.63. The number of hydrogen-bond acceptors (Lipinski definition) is 1. The molecule has 66 valence electrons. The van der Waals surface area contributed by atoms with Gasteiger partial charge in [0.2, 0.25) is 0 Å². The fourth-order valence-corrected chi connectivity index (χ4v) is 1.21. The Morgan fingerprint density at radius 2 is 1.82 bits per heavy atom. The molecule has 1 unspecified atom stereocenters. The van der Waals surface area contributed by atoms with E-state index in [1.165, 1.54) is 12.8 Å². The Bertz CT molecular complexity index is 125. The van der Waals surface area contributed by atoms with E-state index in [1.807, 2.05) is 0 Å². The van der Waals surface area contributed by atoms with Crippen LogP contribution in [0, 0.1) is 11.3 Å². The van der Waals surface area contributed by atoms with Crippen molar-refractivity contribution in [1.29, 1.82) is 0 Å². The molecule has 1 rings (SSSR count). The van der Waals surface area contributed by atoms with Crippen molar-refractivity contribution in [3.63, 3.8) is 0 Å². The van der Waals surface area contributed by atoms with E-state index in [4.69, 9.17) is 5.11 Å². The third-order valence-corrected chi connectivity index (χ3v) is 2.63. The van der Waals surface area contributed by atoms with Crippen LogP contribution in [0.25, 0.3) is 0 Å². The van der Waals surface area contributed by atoms with Crippen molar-refractivity contribution in [2.75, 3.05) is 7.11 Å². The Morgan fingerprint density at radius 3 is 2.09 bits per heavy atom. The van der Waals surface area contributed by atoms with Crippen LogP contribution in [0.3, 0.4) is 0 Å². The number of aliphatic hydroxyl groups excluding tert-OH is 1. The van der Waals surface area contributed by atoms with Crippen LogP contribution in [0.4, 0.5) is 0 Å². The van der Waals surface area contributed by atoms with E-state index in [2.05, 4.69) is 32.9 Å². The summed E-state index contributed by atoms with van der Waals surface area (Å²) >= 11 is 0. The summed E-state index contributed by atoms with van der Waals surface area (Å²) in [6.07, 6.45) is 7.14. The number of hydrogen-bond donors (Lipinski definition) is 1. The highest BCUT2D eigenvalue weighted by molar-refractivity contribution is 4.97. The van der Waals surface area contributed by atoms with E-state index in [1.54, 1.807) is 0 Å². The lowest BCUT2D eigenvalue weighted by molar-refractivity contribution is 0.225. The summed E-state index contributed by atoms with van der Waals surface area (Å²) in [7, 11) is 1.00. The molecule has 0 spiro atoms. The molecule has 1 atom stereocenters. The zero-order valence-electron chi connectivity index (χ0n) is 8.09. The molecule has 1 aliphatic carbocycles. The van der Waals surface area contributed by atoms with Gasteiger partial charge in [-0.15, -0.1) is 0 Å². The van der Waals surface area contributed by atoms with Crippen molar-refractivity contribution in [2.24, 2.45) is 11.3 Å². The lowest BCUT2D eigenvalue weighted by atomic mass is 9.73. The lowest BCUT2D eigenvalue weighted by Crippen LogP contribution is -2.22. The number of allylic oxidation sites excluding steroid dienone is 2. The highest BCUT2D eigenvalue weighted by Crippen LogP contribution is 2.36. The van der Waals surface area contributed by atoms with Gasteiger partial charge >= 0.3 is 0 Å². The molecule has 0 heterocycles. The van der Waals surface area contributed by atoms with E-state index in [-0.39, 0.29) is 0 Å². The van der Waals surface area contributed by atoms with Crippen LogP contribution in [-0.2, 0) is 0 Å². The molecule has 1 N–H and O–H groups in total. The van der Waals surface area contributed by atoms with Gasteiger partial charge in [0.1, 0.15) is 0 Å². The molecular weight excluding hydrogens is 136 g/mol. The third kappa shape index (κ3) is 3.06. The standard InChI is InChI=1S/C9H16.CH4O/c1-8-6-4-5-7-9(8,2)3;1-2/h4-5,8H,6-7H2,1-3H3;2H,1H3. The molecular formula is C10H20O. The van der Waals surface area contributed by atoms with E-state index >= 15 is 0 Å². The van der Waals surface area contributed by atoms with Crippen molar-refractivity contribution in [3.8, 4) is 0 Å². The quantitative estimate of drug-likeness (QED) is 0.534. The Hall–Kier alpha value is -0.300. The fraction of sp³-hybridized carbons (Fsp3) is 0.800. The van der Waals surface area contributed by atoms with Crippen LogP contribution in [0.5, 0.6) is 0 Å². The molecule has 0 aromatic heterocycles. The van der Waals surface area contributed by atoms with Gasteiger partial charge in [0.15, 0.2) is 0 Å². The van der Waals surface area contributed by atoms with Gasteiger partial charge in [-0.1, -0.05) is 32.9 Å². The SMILES string of the molecule is CC1CC=CCC1(C)C.CO. The van der Waals surface area contributed by atoms with Gasteiger partial charge in [0.25, 0.3) is 0 Å². The van der Waals surface area contributed by atoms with E-state index < -0.39 is 0 Å². The molecule has 0 aromatic rings. The number of aliphatic hydroxyl groups is 1. The molecule has 1 aliphatic rings. The fourth-order valence-electron chi connectivity index (χ4n) is 1.21. The molecule has 0 saturated carbocycles. The minimum absolute atomic E-state index is 0.550. The first kappa shape index (κ1) is 10.7. The van der Waals surface area contributed by atoms with Gasteiger partial charge in [0, 0.05) is 7.11 Å². The van der Waals surface area contributed by atoms with Crippen molar-refractivity contribution in [3.05, 3.63) is 12.2 Å². The van der Waals surface area contributed by atoms with E-state index in [9.17, 15) is 0 Å². The first-order chi connectivity index (χ1) is 5.13. The maximum absolute atomic E-state index is 7.00. The maximum atomic E-state index is 7.00. The van der Waals surface area contributed by atoms with Crippen LogP contribution >= 0.6 is 0 Å². The second kappa shape index (κ2) is 4.55. The molecule has 0 bridgehead atoms. The minimum Gasteiger partial charge on any atom is -0.400 e. The monoisotopic (exact) mass is 156 g/mol. The van der Waals surface area contributed by atoms with Crippen LogP contribution < -0.4 is 0 Å². The van der Waals surface area contributed by atoms with Crippen molar-refractivity contribution >= 4 is 0 Å². The topological polar surface area (TPSA) is 20.2 Å². The Kier molecular flexibility index (Phi) is 4.43. The summed E-state index contributed by atoms with van der Waals surface area (Å²) in [6.45, 7) is 7.03. The van der Waals surface area contributed by atoms with Gasteiger partial charge in [-0.3, -0.25) is 0 Å². The largest absolute Gasteiger partial charge is 0.400 e. The highest BCUT2D eigenvalue weighted by atomic mass is 16.2. The summed E-state index contributed by atoms with van der Waals surface area (Å²) in [5, 5.41) is 7.00. The second-order valence-electron chi connectivity index (χ2n) is 3.80. The predicted molar refractivity (Wildman–Crippen MR) is 49.5 cm³/mol. The zero-order valence-corrected chi connectivity index (χ0v) is 8.09. The summed E-state index contributed by atoms with van der Waals surface area (Å²) < 4.78 is 0. The van der Waals surface area contributed by atoms with Crippen molar-refractivity contribution in [1.82, 2.24) is 0 Å². The molecule has 0 saturated heterocycles. The minimum atomic E-state index is 0.550. The average molecular weight is 156 g/mol. The van der Waals surface area contributed by atoms with Gasteiger partial charge in [-0.2, -0.15) is 0 Å². The molecule has 0 aromatic carbocycles. The van der Waals surface area contributed by atoms with Crippen molar-refractivity contribution < 1.29 is 5.11 Å². The Labute approximate surface area is 70.1 Å². The smallest absolute Gasteiger partial charge is 0.0319 e. The predicted octanol–water partition coefficient (Wildman–Crippen LogP) is 2.61. The van der Waals surface area contributed by atoms with Gasteiger partial charge in [-0.05, 0) is 24.2 Å². The summed E-state index contributed by atoms with van der Waals surface area (Å²) in [6, 6.07) is 0. The van der Waals surface area contributed by atoms with Crippen LogP contribution in [0.1, 0.15) is 33.6 Å². The number of rotatable bonds is 0. The molecule has 0 fully saturated rings. The Balaban J connectivity index is 0.000000461. The van der Waals surface area contributed by atoms with Crippen LogP contribution in [0.15, 0.2) is 12.2 Å². The highest BCUT2D eigenvalue weighted by Gasteiger charge is 2.25. The van der Waals surface area contributed by atoms with Crippen LogP contribution in [-0.4, -0.2) is 12.2 Å². The van der Waals surface area contributed by atoms with Gasteiger partial charge < -0.3 is 5.11 Å². The van der Waals surface area contributed by atoms with E-state index in [0.29, 0.717) is 5.41 Å². The van der Waals surface area contributed by atoms with E-state index in [0.717, 1.165) is 13.0 Å². The second-order valence-corrected chi connectivity index (χ2v) is 3.80. The molecule has 1 heteroatoms. The molecule has 1 nitrogen and oxygen atoms in total. The molecule has 11 heavy (non-hydrogen) atoms. The van der Waals surface area contributed by atoms with Crippen molar-refractivity contribution in [2.45, 2.75) is 33.6 Å². The van der Waals surface area contributed by atoms with Gasteiger partial charge in [0.05, 0.1) is 0 Å². The first-order valence-electron chi connectivity index (χ1n) is 4.22. The first-order valence-corrected chi connectivity index (χ1v) is 4.22. The summed E-state index contributed by atoms with van der Waals surface area (Å²) in [4.78, 5) is 0. The normalized spacial score (nSPS) is 27.2. The summed E-state index contributed by atoms with van der Waals surface area (Å²) in [5.74, 6) is 0.863. The molecule has 0 aliphatic heterocycles. The molecule has 0 radical (unpaired) electrons. The Morgan fingerprint density at radius 1 is 1.27 bits per heavy atom. The van der Waals surface area contributed by atoms with Gasteiger partial charge in [-0.25, -0.2) is 0 Å². The lowest BCUT2D eigenvalue weighted by Gasteiger charge is -2.32. The summed E-state index contributed by atoms with van der Waals surface area (Å²) in [5.41, 5.74) is 0.550. The van der Waals surface area contributed by atoms with Crippen LogP contribution in [0.2, 0.25) is 0 Å². The maximum Gasteiger partial charge on any atom is 0.0319 e. The average Bonchev–Trinajstić information content (AvgIpc) is 2.00. The molecule has 0 amide bonds.